The molecule has 2 bridgehead atoms. The second-order valence-electron chi connectivity index (χ2n) is 10.0. The molecule has 37 heavy (non-hydrogen) atoms. The van der Waals surface area contributed by atoms with E-state index in [0.717, 1.165) is 29.5 Å². The third-order valence-electron chi connectivity index (χ3n) is 7.75. The minimum atomic E-state index is -3.22. The molecule has 5 atom stereocenters. The van der Waals surface area contributed by atoms with Crippen LogP contribution in [0.1, 0.15) is 49.0 Å². The minimum absolute atomic E-state index is 0.00224. The van der Waals surface area contributed by atoms with Gasteiger partial charge < -0.3 is 20.5 Å². The van der Waals surface area contributed by atoms with Gasteiger partial charge in [0.05, 0.1) is 17.5 Å². The average molecular weight is 519 g/mol. The summed E-state index contributed by atoms with van der Waals surface area (Å²) < 4.78 is 58.3. The van der Waals surface area contributed by atoms with Crippen molar-refractivity contribution >= 4 is 28.6 Å². The van der Waals surface area contributed by atoms with Crippen LogP contribution in [0.25, 0.3) is 10.9 Å². The second-order valence-corrected chi connectivity index (χ2v) is 10.0. The van der Waals surface area contributed by atoms with Crippen molar-refractivity contribution in [1.82, 2.24) is 20.5 Å². The van der Waals surface area contributed by atoms with Crippen LogP contribution in [-0.4, -0.2) is 58.2 Å². The molecular formula is C25H25F4N5O3. The van der Waals surface area contributed by atoms with E-state index in [-0.39, 0.29) is 41.8 Å². The average Bonchev–Trinajstić information content (AvgIpc) is 3.33. The number of carbonyl (C=O) groups is 3. The number of aromatic amines is 1. The highest BCUT2D eigenvalue weighted by Crippen LogP contribution is 2.49. The molecule has 4 aliphatic rings. The van der Waals surface area contributed by atoms with Gasteiger partial charge in [0.25, 0.3) is 11.8 Å². The zero-order valence-corrected chi connectivity index (χ0v) is 19.7. The second kappa shape index (κ2) is 9.36. The smallest absolute Gasteiger partial charge is 0.271 e. The summed E-state index contributed by atoms with van der Waals surface area (Å²) in [4.78, 5) is 42.6. The van der Waals surface area contributed by atoms with E-state index < -0.39 is 65.8 Å². The van der Waals surface area contributed by atoms with E-state index in [4.69, 9.17) is 0 Å². The number of hydrogen-bond acceptors (Lipinski definition) is 4. The van der Waals surface area contributed by atoms with E-state index in [1.54, 1.807) is 0 Å². The highest BCUT2D eigenvalue weighted by molar-refractivity contribution is 6.01. The number of halogens is 4. The van der Waals surface area contributed by atoms with Gasteiger partial charge in [-0.15, -0.1) is 0 Å². The maximum Gasteiger partial charge on any atom is 0.271 e. The van der Waals surface area contributed by atoms with E-state index in [1.165, 1.54) is 0 Å². The van der Waals surface area contributed by atoms with Gasteiger partial charge >= 0.3 is 0 Å². The van der Waals surface area contributed by atoms with E-state index in [9.17, 15) is 37.2 Å². The zero-order chi connectivity index (χ0) is 26.5. The number of rotatable bonds is 5. The Labute approximate surface area is 209 Å². The van der Waals surface area contributed by atoms with Crippen molar-refractivity contribution < 1.29 is 31.9 Å². The summed E-state index contributed by atoms with van der Waals surface area (Å²) in [6.07, 6.45) is 0.861. The molecule has 3 saturated heterocycles. The van der Waals surface area contributed by atoms with E-state index in [2.05, 4.69) is 15.6 Å². The van der Waals surface area contributed by atoms with Crippen molar-refractivity contribution in [3.05, 3.63) is 35.5 Å². The van der Waals surface area contributed by atoms with E-state index in [1.807, 2.05) is 6.07 Å². The number of H-pyrrole nitrogens is 1. The molecule has 2 aromatic rings. The molecule has 12 heteroatoms. The Hall–Kier alpha value is -3.62. The molecule has 3 amide bonds. The summed E-state index contributed by atoms with van der Waals surface area (Å²) in [6, 6.07) is 1.14. The summed E-state index contributed by atoms with van der Waals surface area (Å²) in [6.45, 7) is 0.526. The maximum absolute atomic E-state index is 14.9. The fraction of sp³-hybridized carbons (Fsp3) is 0.520. The van der Waals surface area contributed by atoms with Crippen molar-refractivity contribution in [2.45, 2.75) is 62.6 Å². The molecular weight excluding hydrogens is 494 g/mol. The molecule has 196 valence electrons. The van der Waals surface area contributed by atoms with Crippen molar-refractivity contribution in [2.24, 2.45) is 11.8 Å². The molecule has 1 saturated carbocycles. The lowest BCUT2D eigenvalue weighted by Crippen LogP contribution is -2.68. The lowest BCUT2D eigenvalue weighted by Gasteiger charge is -2.53. The molecule has 3 aliphatic heterocycles. The maximum atomic E-state index is 14.9. The highest BCUT2D eigenvalue weighted by atomic mass is 19.3. The highest BCUT2D eigenvalue weighted by Gasteiger charge is 2.60. The van der Waals surface area contributed by atoms with Crippen molar-refractivity contribution in [1.29, 1.82) is 5.26 Å². The number of benzene rings is 1. The van der Waals surface area contributed by atoms with Crippen LogP contribution in [0.3, 0.4) is 0 Å². The summed E-state index contributed by atoms with van der Waals surface area (Å²) in [5.41, 5.74) is -0.476. The van der Waals surface area contributed by atoms with Crippen LogP contribution in [-0.2, 0) is 9.59 Å². The standard InChI is InChI=1S/C25H25F4N5O3/c26-17-5-6-18(27)20-15(17)9-19(33-20)24(37)34-14-3-4-16(25(28,29)10-14)21(34)23(36)32-13(11-30)8-12-2-1-7-31-22(12)35/h5-6,9,12-14,16,21,33H,1-4,7-8,10H2,(H,31,35)(H,32,36)/t12-,13+,14+,16+,21-/m1/s1. The number of hydrogen-bond donors (Lipinski definition) is 3. The predicted molar refractivity (Wildman–Crippen MR) is 122 cm³/mol. The molecule has 8 nitrogen and oxygen atoms in total. The molecule has 3 N–H and O–H groups in total. The monoisotopic (exact) mass is 519 g/mol. The van der Waals surface area contributed by atoms with Gasteiger partial charge in [0, 0.05) is 30.3 Å². The van der Waals surface area contributed by atoms with Gasteiger partial charge in [-0.25, -0.2) is 17.6 Å². The van der Waals surface area contributed by atoms with Crippen LogP contribution < -0.4 is 10.6 Å². The number of nitrogens with one attached hydrogen (secondary N) is 3. The summed E-state index contributed by atoms with van der Waals surface area (Å²) in [5.74, 6) is -8.76. The first-order chi connectivity index (χ1) is 17.6. The zero-order valence-electron chi connectivity index (χ0n) is 19.7. The number of fused-ring (bicyclic) bond motifs is 4. The predicted octanol–water partition coefficient (Wildman–Crippen LogP) is 3.00. The Morgan fingerprint density at radius 3 is 2.65 bits per heavy atom. The Bertz CT molecular complexity index is 1270. The fourth-order valence-electron chi connectivity index (χ4n) is 5.95. The Kier molecular flexibility index (Phi) is 6.33. The summed E-state index contributed by atoms with van der Waals surface area (Å²) in [7, 11) is 0. The van der Waals surface area contributed by atoms with Crippen LogP contribution in [0, 0.1) is 34.8 Å². The summed E-state index contributed by atoms with van der Waals surface area (Å²) in [5, 5.41) is 14.6. The molecule has 6 rings (SSSR count). The molecule has 1 aromatic heterocycles. The van der Waals surface area contributed by atoms with Crippen LogP contribution in [0.5, 0.6) is 0 Å². The number of piperidine rings is 3. The number of nitriles is 1. The largest absolute Gasteiger partial charge is 0.356 e. The number of amides is 3. The van der Waals surface area contributed by atoms with Gasteiger partial charge in [-0.2, -0.15) is 5.26 Å². The van der Waals surface area contributed by atoms with Gasteiger partial charge in [0.15, 0.2) is 0 Å². The van der Waals surface area contributed by atoms with Gasteiger partial charge in [0.2, 0.25) is 11.8 Å². The fourth-order valence-corrected chi connectivity index (χ4v) is 5.95. The van der Waals surface area contributed by atoms with Crippen LogP contribution in [0.15, 0.2) is 18.2 Å². The van der Waals surface area contributed by atoms with E-state index >= 15 is 0 Å². The third-order valence-corrected chi connectivity index (χ3v) is 7.75. The normalized spacial score (nSPS) is 27.4. The third kappa shape index (κ3) is 4.40. The first-order valence-corrected chi connectivity index (χ1v) is 12.3. The number of aromatic nitrogens is 1. The number of alkyl halides is 2. The lowest BCUT2D eigenvalue weighted by atomic mass is 9.71. The molecule has 0 unspecified atom stereocenters. The van der Waals surface area contributed by atoms with Crippen LogP contribution >= 0.6 is 0 Å². The topological polar surface area (TPSA) is 118 Å². The molecule has 4 fully saturated rings. The Morgan fingerprint density at radius 2 is 1.97 bits per heavy atom. The molecule has 0 radical (unpaired) electrons. The van der Waals surface area contributed by atoms with Gasteiger partial charge in [-0.3, -0.25) is 14.4 Å². The van der Waals surface area contributed by atoms with Crippen LogP contribution in [0.2, 0.25) is 0 Å². The first-order valence-electron chi connectivity index (χ1n) is 12.3. The minimum Gasteiger partial charge on any atom is -0.356 e. The lowest BCUT2D eigenvalue weighted by molar-refractivity contribution is -0.179. The summed E-state index contributed by atoms with van der Waals surface area (Å²) >= 11 is 0. The molecule has 4 heterocycles. The van der Waals surface area contributed by atoms with Crippen molar-refractivity contribution in [2.75, 3.05) is 6.54 Å². The van der Waals surface area contributed by atoms with Gasteiger partial charge in [-0.05, 0) is 50.3 Å². The quantitative estimate of drug-likeness (QED) is 0.527. The Balaban J connectivity index is 1.43. The van der Waals surface area contributed by atoms with Crippen LogP contribution in [0.4, 0.5) is 17.6 Å². The van der Waals surface area contributed by atoms with E-state index in [0.29, 0.717) is 13.0 Å². The number of carbonyl (C=O) groups excluding carboxylic acids is 3. The first kappa shape index (κ1) is 25.0. The van der Waals surface area contributed by atoms with Crippen molar-refractivity contribution in [3.8, 4) is 6.07 Å². The molecule has 1 aliphatic carbocycles. The molecule has 0 spiro atoms. The van der Waals surface area contributed by atoms with Gasteiger partial charge in [0.1, 0.15) is 29.4 Å². The van der Waals surface area contributed by atoms with Gasteiger partial charge in [-0.1, -0.05) is 0 Å². The number of nitrogens with zero attached hydrogens (tertiary/aromatic N) is 2. The SMILES string of the molecule is N#C[C@H](C[C@H]1CCCNC1=O)NC(=O)[C@H]1[C@@H]2CC[C@@H](CC2(F)F)N1C(=O)c1cc2c(F)ccc(F)c2[nH]1. The van der Waals surface area contributed by atoms with Crippen molar-refractivity contribution in [3.63, 3.8) is 0 Å². The molecule has 1 aromatic carbocycles. The Morgan fingerprint density at radius 1 is 1.22 bits per heavy atom.